The topological polar surface area (TPSA) is 23.5 Å². The minimum Gasteiger partial charge on any atom is -0.314 e. The van der Waals surface area contributed by atoms with E-state index >= 15 is 0 Å². The Kier molecular flexibility index (Phi) is 5.59. The third kappa shape index (κ3) is 4.43. The number of hydrogen-bond donors (Lipinski definition) is 2. The first-order chi connectivity index (χ1) is 3.81. The summed E-state index contributed by atoms with van der Waals surface area (Å²) in [6.45, 7) is 3.35. The molecule has 0 heterocycles. The summed E-state index contributed by atoms with van der Waals surface area (Å²) < 4.78 is 0. The molecule has 0 bridgehead atoms. The molecule has 0 amide bonds. The maximum atomic E-state index is 8.79. The lowest BCUT2D eigenvalue weighted by atomic mass is 10.5. The lowest BCUT2D eigenvalue weighted by Crippen LogP contribution is -2.19. The van der Waals surface area contributed by atoms with Gasteiger partial charge in [0, 0.05) is 13.1 Å². The van der Waals surface area contributed by atoms with Crippen molar-refractivity contribution < 1.29 is 5.21 Å². The number of hydrogen-bond acceptors (Lipinski definition) is 3. The molecule has 0 atom stereocenters. The van der Waals surface area contributed by atoms with Crippen LogP contribution in [0.2, 0.25) is 0 Å². The zero-order valence-electron chi connectivity index (χ0n) is 5.17. The van der Waals surface area contributed by atoms with Gasteiger partial charge >= 0.3 is 0 Å². The van der Waals surface area contributed by atoms with E-state index in [1.807, 2.05) is 6.92 Å². The molecule has 0 radical (unpaired) electrons. The molecule has 1 N–H and O–H groups in total. The maximum absolute atomic E-state index is 8.79. The first-order valence-electron chi connectivity index (χ1n) is 2.86. The summed E-state index contributed by atoms with van der Waals surface area (Å²) in [4.78, 5) is 0. The van der Waals surface area contributed by atoms with Crippen LogP contribution in [0.1, 0.15) is 13.3 Å². The molecule has 0 rings (SSSR count). The second kappa shape index (κ2) is 5.41. The van der Waals surface area contributed by atoms with Crippen molar-refractivity contribution in [3.63, 3.8) is 0 Å². The van der Waals surface area contributed by atoms with Crippen LogP contribution in [0.15, 0.2) is 0 Å². The summed E-state index contributed by atoms with van der Waals surface area (Å²) in [7, 11) is 0. The second-order valence-corrected chi connectivity index (χ2v) is 2.07. The fourth-order valence-corrected chi connectivity index (χ4v) is 0.553. The molecule has 50 valence electrons. The van der Waals surface area contributed by atoms with E-state index in [1.54, 1.807) is 0 Å². The Bertz CT molecular complexity index is 51.7. The average molecular weight is 135 g/mol. The van der Waals surface area contributed by atoms with Gasteiger partial charge in [-0.2, -0.15) is 17.7 Å². The minimum atomic E-state index is 0.702. The Morgan fingerprint density at radius 2 is 2.25 bits per heavy atom. The number of nitrogens with zero attached hydrogens (tertiary/aromatic N) is 1. The Balaban J connectivity index is 2.86. The molecule has 0 saturated carbocycles. The standard InChI is InChI=1S/C5H13NOS/c1-2-6(7)4-3-5-8/h7-8H,2-5H2,1H3. The van der Waals surface area contributed by atoms with E-state index in [0.717, 1.165) is 18.7 Å². The SMILES string of the molecule is CCN(O)CCCS. The van der Waals surface area contributed by atoms with Crippen LogP contribution in [0, 0.1) is 0 Å². The molecule has 2 nitrogen and oxygen atoms in total. The molecule has 8 heavy (non-hydrogen) atoms. The highest BCUT2D eigenvalue weighted by Gasteiger charge is 1.91. The quantitative estimate of drug-likeness (QED) is 0.444. The van der Waals surface area contributed by atoms with Gasteiger partial charge in [0.05, 0.1) is 0 Å². The number of rotatable bonds is 4. The third-order valence-corrected chi connectivity index (χ3v) is 1.26. The van der Waals surface area contributed by atoms with Crippen molar-refractivity contribution in [1.82, 2.24) is 5.06 Å². The molecular weight excluding hydrogens is 122 g/mol. The third-order valence-electron chi connectivity index (χ3n) is 0.939. The van der Waals surface area contributed by atoms with Crippen LogP contribution >= 0.6 is 12.6 Å². The van der Waals surface area contributed by atoms with Crippen molar-refractivity contribution in [2.75, 3.05) is 18.8 Å². The summed E-state index contributed by atoms with van der Waals surface area (Å²) >= 11 is 4.00. The zero-order chi connectivity index (χ0) is 6.41. The zero-order valence-corrected chi connectivity index (χ0v) is 6.06. The van der Waals surface area contributed by atoms with Crippen molar-refractivity contribution in [1.29, 1.82) is 0 Å². The highest BCUT2D eigenvalue weighted by molar-refractivity contribution is 7.80. The summed E-state index contributed by atoms with van der Waals surface area (Å²) in [5, 5.41) is 10.1. The normalized spacial score (nSPS) is 10.5. The highest BCUT2D eigenvalue weighted by Crippen LogP contribution is 1.86. The van der Waals surface area contributed by atoms with E-state index in [0.29, 0.717) is 6.54 Å². The molecule has 3 heteroatoms. The molecule has 0 aliphatic carbocycles. The van der Waals surface area contributed by atoms with E-state index in [1.165, 1.54) is 5.06 Å². The highest BCUT2D eigenvalue weighted by atomic mass is 32.1. The van der Waals surface area contributed by atoms with E-state index in [9.17, 15) is 0 Å². The van der Waals surface area contributed by atoms with E-state index in [-0.39, 0.29) is 0 Å². The van der Waals surface area contributed by atoms with Gasteiger partial charge in [-0.3, -0.25) is 0 Å². The molecule has 0 aromatic heterocycles. The monoisotopic (exact) mass is 135 g/mol. The van der Waals surface area contributed by atoms with Crippen LogP contribution in [0.3, 0.4) is 0 Å². The molecule has 0 unspecified atom stereocenters. The molecule has 0 aliphatic rings. The lowest BCUT2D eigenvalue weighted by molar-refractivity contribution is -0.0854. The Labute approximate surface area is 55.9 Å². The van der Waals surface area contributed by atoms with Crippen LogP contribution in [0.4, 0.5) is 0 Å². The molecule has 0 aromatic rings. The van der Waals surface area contributed by atoms with E-state index in [2.05, 4.69) is 12.6 Å². The molecule has 0 fully saturated rings. The van der Waals surface area contributed by atoms with Crippen LogP contribution in [0.5, 0.6) is 0 Å². The van der Waals surface area contributed by atoms with Crippen LogP contribution < -0.4 is 0 Å². The molecule has 0 saturated heterocycles. The van der Waals surface area contributed by atoms with Crippen LogP contribution in [-0.4, -0.2) is 29.1 Å². The van der Waals surface area contributed by atoms with Crippen LogP contribution in [0.25, 0.3) is 0 Å². The maximum Gasteiger partial charge on any atom is 0.0245 e. The summed E-state index contributed by atoms with van der Waals surface area (Å²) in [6.07, 6.45) is 0.952. The van der Waals surface area contributed by atoms with Gasteiger partial charge in [0.25, 0.3) is 0 Å². The van der Waals surface area contributed by atoms with Gasteiger partial charge in [-0.1, -0.05) is 6.92 Å². The van der Waals surface area contributed by atoms with Gasteiger partial charge in [-0.05, 0) is 12.2 Å². The molecular formula is C5H13NOS. The molecule has 0 spiro atoms. The fraction of sp³-hybridized carbons (Fsp3) is 1.00. The summed E-state index contributed by atoms with van der Waals surface area (Å²) in [6, 6.07) is 0. The Hall–Kier alpha value is 0.270. The first kappa shape index (κ1) is 8.27. The van der Waals surface area contributed by atoms with Gasteiger partial charge in [-0.15, -0.1) is 0 Å². The minimum absolute atomic E-state index is 0.702. The van der Waals surface area contributed by atoms with Crippen molar-refractivity contribution in [2.24, 2.45) is 0 Å². The summed E-state index contributed by atoms with van der Waals surface area (Å²) in [5.74, 6) is 0.844. The second-order valence-electron chi connectivity index (χ2n) is 1.62. The van der Waals surface area contributed by atoms with E-state index in [4.69, 9.17) is 5.21 Å². The number of hydroxylamine groups is 2. The van der Waals surface area contributed by atoms with Crippen molar-refractivity contribution in [3.05, 3.63) is 0 Å². The average Bonchev–Trinajstić information content (AvgIpc) is 1.83. The predicted molar refractivity (Wildman–Crippen MR) is 37.5 cm³/mol. The van der Waals surface area contributed by atoms with Crippen LogP contribution in [-0.2, 0) is 0 Å². The lowest BCUT2D eigenvalue weighted by Gasteiger charge is -2.09. The number of thiol groups is 1. The first-order valence-corrected chi connectivity index (χ1v) is 3.49. The van der Waals surface area contributed by atoms with Gasteiger partial charge in [0.15, 0.2) is 0 Å². The molecule has 0 aromatic carbocycles. The van der Waals surface area contributed by atoms with Gasteiger partial charge in [-0.25, -0.2) is 0 Å². The molecule has 0 aliphatic heterocycles. The van der Waals surface area contributed by atoms with Crippen molar-refractivity contribution in [2.45, 2.75) is 13.3 Å². The van der Waals surface area contributed by atoms with Crippen molar-refractivity contribution >= 4 is 12.6 Å². The largest absolute Gasteiger partial charge is 0.314 e. The van der Waals surface area contributed by atoms with Gasteiger partial charge in [0.1, 0.15) is 0 Å². The van der Waals surface area contributed by atoms with Gasteiger partial charge in [0.2, 0.25) is 0 Å². The fourth-order valence-electron chi connectivity index (χ4n) is 0.411. The summed E-state index contributed by atoms with van der Waals surface area (Å²) in [5.41, 5.74) is 0. The van der Waals surface area contributed by atoms with E-state index < -0.39 is 0 Å². The van der Waals surface area contributed by atoms with Crippen molar-refractivity contribution in [3.8, 4) is 0 Å². The van der Waals surface area contributed by atoms with Gasteiger partial charge < -0.3 is 5.21 Å². The smallest absolute Gasteiger partial charge is 0.0245 e. The Morgan fingerprint density at radius 1 is 1.62 bits per heavy atom. The predicted octanol–water partition coefficient (Wildman–Crippen LogP) is 1.02. The Morgan fingerprint density at radius 3 is 2.62 bits per heavy atom.